The van der Waals surface area contributed by atoms with Crippen LogP contribution in [0.5, 0.6) is 5.75 Å². The molecule has 1 aromatic carbocycles. The fraction of sp³-hybridized carbons (Fsp3) is 0.812. The summed E-state index contributed by atoms with van der Waals surface area (Å²) < 4.78 is 65.3. The van der Waals surface area contributed by atoms with Gasteiger partial charge in [-0.05, 0) is 24.1 Å². The third kappa shape index (κ3) is 30.9. The molecule has 0 aliphatic carbocycles. The average molecular weight is 651 g/mol. The first-order chi connectivity index (χ1) is 22.4. The number of hydrogen-bond donors (Lipinski definition) is 1. The molecule has 0 amide bonds. The maximum absolute atomic E-state index is 8.58. The molecule has 45 heavy (non-hydrogen) atoms. The van der Waals surface area contributed by atoms with E-state index in [0.29, 0.717) is 152 Å². The number of aliphatic hydroxyl groups excluding tert-OH is 1. The minimum atomic E-state index is 0.0254. The Morgan fingerprint density at radius 3 is 0.844 bits per heavy atom. The van der Waals surface area contributed by atoms with Crippen molar-refractivity contribution < 1.29 is 61.9 Å². The maximum Gasteiger partial charge on any atom is 0.119 e. The molecule has 0 fully saturated rings. The van der Waals surface area contributed by atoms with E-state index in [2.05, 4.69) is 19.1 Å². The molecule has 0 spiro atoms. The molecule has 0 aliphatic rings. The molecule has 0 aromatic heterocycles. The summed E-state index contributed by atoms with van der Waals surface area (Å²) in [5.41, 5.74) is 1.30. The number of rotatable bonds is 37. The van der Waals surface area contributed by atoms with Crippen LogP contribution in [0.2, 0.25) is 0 Å². The summed E-state index contributed by atoms with van der Waals surface area (Å²) in [6.07, 6.45) is 1.02. The van der Waals surface area contributed by atoms with Crippen LogP contribution in [-0.2, 0) is 58.5 Å². The second kappa shape index (κ2) is 35.4. The Bertz CT molecular complexity index is 696. The highest BCUT2D eigenvalue weighted by Crippen LogP contribution is 2.12. The van der Waals surface area contributed by atoms with Crippen molar-refractivity contribution in [3.63, 3.8) is 0 Å². The molecule has 0 unspecified atom stereocenters. The summed E-state index contributed by atoms with van der Waals surface area (Å²) in [5.74, 6) is 0.861. The lowest BCUT2D eigenvalue weighted by Crippen LogP contribution is -2.15. The smallest absolute Gasteiger partial charge is 0.119 e. The first-order valence-corrected chi connectivity index (χ1v) is 16.0. The highest BCUT2D eigenvalue weighted by atomic mass is 16.6. The lowest BCUT2D eigenvalue weighted by molar-refractivity contribution is -0.0280. The zero-order chi connectivity index (χ0) is 32.1. The van der Waals surface area contributed by atoms with Crippen LogP contribution in [-0.4, -0.2) is 164 Å². The summed E-state index contributed by atoms with van der Waals surface area (Å²) in [4.78, 5) is 0. The van der Waals surface area contributed by atoms with Crippen LogP contribution in [0.4, 0.5) is 0 Å². The molecule has 0 bridgehead atoms. The molecular weight excluding hydrogens is 592 g/mol. The van der Waals surface area contributed by atoms with Gasteiger partial charge in [0.15, 0.2) is 0 Å². The van der Waals surface area contributed by atoms with Crippen molar-refractivity contribution in [3.05, 3.63) is 29.8 Å². The van der Waals surface area contributed by atoms with Gasteiger partial charge < -0.3 is 61.9 Å². The molecular formula is C32H58O13. The van der Waals surface area contributed by atoms with Crippen molar-refractivity contribution in [2.75, 3.05) is 159 Å². The average Bonchev–Trinajstić information content (AvgIpc) is 3.06. The van der Waals surface area contributed by atoms with E-state index >= 15 is 0 Å². The Morgan fingerprint density at radius 2 is 0.600 bits per heavy atom. The third-order valence-electron chi connectivity index (χ3n) is 5.78. The van der Waals surface area contributed by atoms with Gasteiger partial charge in [-0.2, -0.15) is 0 Å². The Morgan fingerprint density at radius 1 is 0.356 bits per heavy atom. The molecule has 0 atom stereocenters. The molecule has 13 nitrogen and oxygen atoms in total. The molecule has 0 saturated carbocycles. The van der Waals surface area contributed by atoms with Crippen LogP contribution >= 0.6 is 0 Å². The van der Waals surface area contributed by atoms with Crippen molar-refractivity contribution in [1.82, 2.24) is 0 Å². The van der Waals surface area contributed by atoms with Gasteiger partial charge in [0.25, 0.3) is 0 Å². The molecule has 0 heterocycles. The number of ether oxygens (including phenoxy) is 12. The van der Waals surface area contributed by atoms with Gasteiger partial charge >= 0.3 is 0 Å². The first kappa shape index (κ1) is 41.6. The van der Waals surface area contributed by atoms with Crippen molar-refractivity contribution in [1.29, 1.82) is 0 Å². The van der Waals surface area contributed by atoms with E-state index in [4.69, 9.17) is 61.9 Å². The van der Waals surface area contributed by atoms with Gasteiger partial charge in [0.2, 0.25) is 0 Å². The topological polar surface area (TPSA) is 131 Å². The van der Waals surface area contributed by atoms with Crippen molar-refractivity contribution >= 4 is 0 Å². The summed E-state index contributed by atoms with van der Waals surface area (Å²) >= 11 is 0. The predicted molar refractivity (Wildman–Crippen MR) is 167 cm³/mol. The van der Waals surface area contributed by atoms with Crippen LogP contribution < -0.4 is 4.74 Å². The van der Waals surface area contributed by atoms with Gasteiger partial charge in [-0.3, -0.25) is 0 Å². The van der Waals surface area contributed by atoms with Gasteiger partial charge in [-0.1, -0.05) is 19.1 Å². The van der Waals surface area contributed by atoms with Crippen LogP contribution in [0.25, 0.3) is 0 Å². The molecule has 13 heteroatoms. The van der Waals surface area contributed by atoms with Crippen LogP contribution in [0.3, 0.4) is 0 Å². The highest BCUT2D eigenvalue weighted by molar-refractivity contribution is 5.27. The number of hydrogen-bond acceptors (Lipinski definition) is 13. The molecule has 0 radical (unpaired) electrons. The molecule has 0 aliphatic heterocycles. The van der Waals surface area contributed by atoms with Gasteiger partial charge in [0, 0.05) is 0 Å². The second-order valence-corrected chi connectivity index (χ2v) is 9.31. The highest BCUT2D eigenvalue weighted by Gasteiger charge is 1.98. The van der Waals surface area contributed by atoms with E-state index in [1.54, 1.807) is 0 Å². The number of benzene rings is 1. The van der Waals surface area contributed by atoms with Crippen LogP contribution in [0.1, 0.15) is 12.5 Å². The lowest BCUT2D eigenvalue weighted by atomic mass is 10.2. The molecule has 264 valence electrons. The summed E-state index contributed by atoms with van der Waals surface area (Å²) in [6, 6.07) is 8.12. The van der Waals surface area contributed by atoms with Crippen molar-refractivity contribution in [2.45, 2.75) is 13.3 Å². The van der Waals surface area contributed by atoms with E-state index in [1.165, 1.54) is 5.56 Å². The predicted octanol–water partition coefficient (Wildman–Crippen LogP) is 1.80. The van der Waals surface area contributed by atoms with E-state index in [0.717, 1.165) is 12.2 Å². The Balaban J connectivity index is 1.63. The van der Waals surface area contributed by atoms with E-state index in [-0.39, 0.29) is 6.61 Å². The fourth-order valence-electron chi connectivity index (χ4n) is 3.41. The zero-order valence-electron chi connectivity index (χ0n) is 27.3. The van der Waals surface area contributed by atoms with Gasteiger partial charge in [-0.15, -0.1) is 0 Å². The quantitative estimate of drug-likeness (QED) is 0.105. The van der Waals surface area contributed by atoms with Crippen LogP contribution in [0, 0.1) is 0 Å². The minimum absolute atomic E-state index is 0.0254. The normalized spacial score (nSPS) is 11.4. The molecule has 1 aromatic rings. The third-order valence-corrected chi connectivity index (χ3v) is 5.78. The monoisotopic (exact) mass is 650 g/mol. The fourth-order valence-corrected chi connectivity index (χ4v) is 3.41. The Kier molecular flexibility index (Phi) is 32.7. The standard InChI is InChI=1S/C32H58O13/c1-2-31-3-5-32(6-4-31)45-30-29-44-28-27-43-26-25-42-24-23-41-22-21-40-20-19-39-18-17-38-16-15-37-14-13-36-12-11-35-10-9-34-8-7-33/h3-6,33H,2,7-30H2,1H3. The van der Waals surface area contributed by atoms with E-state index < -0.39 is 0 Å². The lowest BCUT2D eigenvalue weighted by Gasteiger charge is -2.09. The summed E-state index contributed by atoms with van der Waals surface area (Å²) in [6.45, 7) is 13.7. The Hall–Kier alpha value is -1.46. The minimum Gasteiger partial charge on any atom is -0.491 e. The molecule has 1 N–H and O–H groups in total. The number of aliphatic hydroxyl groups is 1. The zero-order valence-corrected chi connectivity index (χ0v) is 27.3. The summed E-state index contributed by atoms with van der Waals surface area (Å²) in [5, 5.41) is 8.58. The number of aryl methyl sites for hydroxylation is 1. The molecule has 1 rings (SSSR count). The summed E-state index contributed by atoms with van der Waals surface area (Å²) in [7, 11) is 0. The van der Waals surface area contributed by atoms with Gasteiger partial charge in [0.1, 0.15) is 12.4 Å². The van der Waals surface area contributed by atoms with Crippen molar-refractivity contribution in [2.24, 2.45) is 0 Å². The second-order valence-electron chi connectivity index (χ2n) is 9.31. The molecule has 0 saturated heterocycles. The van der Waals surface area contributed by atoms with E-state index in [9.17, 15) is 0 Å². The largest absolute Gasteiger partial charge is 0.491 e. The van der Waals surface area contributed by atoms with E-state index in [1.807, 2.05) is 12.1 Å². The maximum atomic E-state index is 8.58. The van der Waals surface area contributed by atoms with Crippen molar-refractivity contribution in [3.8, 4) is 5.75 Å². The first-order valence-electron chi connectivity index (χ1n) is 16.0. The van der Waals surface area contributed by atoms with Crippen LogP contribution in [0.15, 0.2) is 24.3 Å². The SMILES string of the molecule is CCc1ccc(OCCOCCOCCOCCOCCOCCOCCOCCOCCOCCOCCOCCO)cc1. The van der Waals surface area contributed by atoms with Gasteiger partial charge in [0.05, 0.1) is 152 Å². The Labute approximate surface area is 269 Å². The van der Waals surface area contributed by atoms with Gasteiger partial charge in [-0.25, -0.2) is 0 Å².